The molecule has 0 aromatic heterocycles. The van der Waals surface area contributed by atoms with Crippen LogP contribution in [0.4, 0.5) is 4.39 Å². The van der Waals surface area contributed by atoms with E-state index in [1.54, 1.807) is 0 Å². The van der Waals surface area contributed by atoms with Gasteiger partial charge in [0.1, 0.15) is 5.82 Å². The van der Waals surface area contributed by atoms with E-state index in [9.17, 15) is 9.50 Å². The normalized spacial score (nSPS) is 12.4. The highest BCUT2D eigenvalue weighted by molar-refractivity contribution is 6.35. The largest absolute Gasteiger partial charge is 0.392 e. The van der Waals surface area contributed by atoms with Crippen molar-refractivity contribution in [2.45, 2.75) is 26.1 Å². The van der Waals surface area contributed by atoms with Crippen molar-refractivity contribution < 1.29 is 9.50 Å². The Morgan fingerprint density at radius 2 is 1.81 bits per heavy atom. The molecule has 1 unspecified atom stereocenters. The zero-order valence-electron chi connectivity index (χ0n) is 11.5. The lowest BCUT2D eigenvalue weighted by atomic mass is 10.1. The first kappa shape index (κ1) is 16.2. The Hall–Kier alpha value is -1.13. The Bertz CT molecular complexity index is 634. The molecule has 0 fully saturated rings. The fourth-order valence-corrected chi connectivity index (χ4v) is 2.67. The average Bonchev–Trinajstić information content (AvgIpc) is 2.48. The van der Waals surface area contributed by atoms with Gasteiger partial charge in [-0.2, -0.15) is 0 Å². The van der Waals surface area contributed by atoms with Gasteiger partial charge in [-0.25, -0.2) is 4.39 Å². The lowest BCUT2D eigenvalue weighted by Crippen LogP contribution is -2.19. The highest BCUT2D eigenvalue weighted by atomic mass is 35.5. The number of nitrogens with one attached hydrogen (secondary N) is 1. The van der Waals surface area contributed by atoms with Gasteiger partial charge in [0.2, 0.25) is 0 Å². The molecule has 112 valence electrons. The number of halogens is 3. The summed E-state index contributed by atoms with van der Waals surface area (Å²) < 4.78 is 13.6. The zero-order chi connectivity index (χ0) is 15.4. The lowest BCUT2D eigenvalue weighted by Gasteiger charge is -2.17. The van der Waals surface area contributed by atoms with Gasteiger partial charge in [0.05, 0.1) is 11.6 Å². The molecule has 2 aromatic rings. The smallest absolute Gasteiger partial charge is 0.142 e. The molecule has 0 amide bonds. The minimum absolute atomic E-state index is 0.0113. The molecule has 0 aliphatic carbocycles. The standard InChI is InChI=1S/C16H16Cl2FNO/c1-10(13-6-16(19)15(18)7-14(13)17)20-8-11-4-2-3-5-12(11)9-21/h2-7,10,20-21H,8-9H2,1H3. The van der Waals surface area contributed by atoms with Gasteiger partial charge in [0, 0.05) is 17.6 Å². The van der Waals surface area contributed by atoms with Crippen LogP contribution in [0.2, 0.25) is 10.0 Å². The van der Waals surface area contributed by atoms with Gasteiger partial charge in [-0.15, -0.1) is 0 Å². The number of hydrogen-bond acceptors (Lipinski definition) is 2. The summed E-state index contributed by atoms with van der Waals surface area (Å²) in [5, 5.41) is 13.0. The van der Waals surface area contributed by atoms with E-state index in [1.807, 2.05) is 31.2 Å². The first-order valence-corrected chi connectivity index (χ1v) is 7.34. The fourth-order valence-electron chi connectivity index (χ4n) is 2.13. The summed E-state index contributed by atoms with van der Waals surface area (Å²) in [6, 6.07) is 10.2. The third-order valence-corrected chi connectivity index (χ3v) is 4.01. The first-order chi connectivity index (χ1) is 10.0. The van der Waals surface area contributed by atoms with Crippen molar-refractivity contribution in [2.24, 2.45) is 0 Å². The Morgan fingerprint density at radius 3 is 2.48 bits per heavy atom. The molecule has 21 heavy (non-hydrogen) atoms. The molecule has 0 saturated heterocycles. The Kier molecular flexibility index (Phi) is 5.59. The van der Waals surface area contributed by atoms with Gasteiger partial charge in [0.25, 0.3) is 0 Å². The molecule has 0 aliphatic heterocycles. The molecule has 0 radical (unpaired) electrons. The van der Waals surface area contributed by atoms with E-state index in [1.165, 1.54) is 12.1 Å². The van der Waals surface area contributed by atoms with Gasteiger partial charge in [-0.05, 0) is 35.7 Å². The van der Waals surface area contributed by atoms with E-state index >= 15 is 0 Å². The SMILES string of the molecule is CC(NCc1ccccc1CO)c1cc(F)c(Cl)cc1Cl. The maximum Gasteiger partial charge on any atom is 0.142 e. The molecular formula is C16H16Cl2FNO. The quantitative estimate of drug-likeness (QED) is 0.794. The number of rotatable bonds is 5. The topological polar surface area (TPSA) is 32.3 Å². The monoisotopic (exact) mass is 327 g/mol. The van der Waals surface area contributed by atoms with E-state index in [0.29, 0.717) is 17.1 Å². The molecule has 5 heteroatoms. The molecule has 2 nitrogen and oxygen atoms in total. The Morgan fingerprint density at radius 1 is 1.14 bits per heavy atom. The van der Waals surface area contributed by atoms with Crippen LogP contribution in [-0.2, 0) is 13.2 Å². The molecule has 2 rings (SSSR count). The molecular weight excluding hydrogens is 312 g/mol. The van der Waals surface area contributed by atoms with E-state index < -0.39 is 5.82 Å². The predicted molar refractivity (Wildman–Crippen MR) is 84.0 cm³/mol. The average molecular weight is 328 g/mol. The van der Waals surface area contributed by atoms with Gasteiger partial charge in [-0.1, -0.05) is 47.5 Å². The second kappa shape index (κ2) is 7.23. The molecule has 0 aliphatic rings. The summed E-state index contributed by atoms with van der Waals surface area (Å²) in [5.74, 6) is -0.486. The van der Waals surface area contributed by atoms with Gasteiger partial charge in [0.15, 0.2) is 0 Å². The van der Waals surface area contributed by atoms with Crippen molar-refractivity contribution in [1.82, 2.24) is 5.32 Å². The molecule has 0 heterocycles. The maximum absolute atomic E-state index is 13.6. The third-order valence-electron chi connectivity index (χ3n) is 3.39. The second-order valence-corrected chi connectivity index (χ2v) is 5.63. The summed E-state index contributed by atoms with van der Waals surface area (Å²) in [7, 11) is 0. The van der Waals surface area contributed by atoms with Crippen LogP contribution in [-0.4, -0.2) is 5.11 Å². The van der Waals surface area contributed by atoms with Crippen LogP contribution in [0.1, 0.15) is 29.7 Å². The Balaban J connectivity index is 2.12. The molecule has 1 atom stereocenters. The van der Waals surface area contributed by atoms with Crippen molar-refractivity contribution in [3.63, 3.8) is 0 Å². The summed E-state index contributed by atoms with van der Waals surface area (Å²) in [6.45, 7) is 2.44. The van der Waals surface area contributed by atoms with Crippen LogP contribution < -0.4 is 5.32 Å². The number of aliphatic hydroxyl groups excluding tert-OH is 1. The van der Waals surface area contributed by atoms with Gasteiger partial charge in [-0.3, -0.25) is 0 Å². The fraction of sp³-hybridized carbons (Fsp3) is 0.250. The summed E-state index contributed by atoms with van der Waals surface area (Å²) >= 11 is 11.8. The van der Waals surface area contributed by atoms with Crippen LogP contribution in [0.3, 0.4) is 0 Å². The molecule has 0 bridgehead atoms. The van der Waals surface area contributed by atoms with Crippen molar-refractivity contribution in [2.75, 3.05) is 0 Å². The van der Waals surface area contributed by atoms with Gasteiger partial charge >= 0.3 is 0 Å². The van der Waals surface area contributed by atoms with E-state index in [-0.39, 0.29) is 17.7 Å². The summed E-state index contributed by atoms with van der Waals surface area (Å²) in [5.41, 5.74) is 2.52. The molecule has 0 saturated carbocycles. The summed E-state index contributed by atoms with van der Waals surface area (Å²) in [6.07, 6.45) is 0. The highest BCUT2D eigenvalue weighted by Crippen LogP contribution is 2.28. The Labute approximate surface area is 133 Å². The van der Waals surface area contributed by atoms with E-state index in [0.717, 1.165) is 11.1 Å². The zero-order valence-corrected chi connectivity index (χ0v) is 13.0. The van der Waals surface area contributed by atoms with Gasteiger partial charge < -0.3 is 10.4 Å². The minimum atomic E-state index is -0.486. The first-order valence-electron chi connectivity index (χ1n) is 6.58. The van der Waals surface area contributed by atoms with Crippen LogP contribution in [0.5, 0.6) is 0 Å². The molecule has 0 spiro atoms. The second-order valence-electron chi connectivity index (χ2n) is 4.82. The highest BCUT2D eigenvalue weighted by Gasteiger charge is 2.13. The maximum atomic E-state index is 13.6. The van der Waals surface area contributed by atoms with Crippen LogP contribution >= 0.6 is 23.2 Å². The number of aliphatic hydroxyl groups is 1. The minimum Gasteiger partial charge on any atom is -0.392 e. The third kappa shape index (κ3) is 3.95. The van der Waals surface area contributed by atoms with Crippen LogP contribution in [0, 0.1) is 5.82 Å². The number of benzene rings is 2. The van der Waals surface area contributed by atoms with Crippen LogP contribution in [0.25, 0.3) is 0 Å². The number of hydrogen-bond donors (Lipinski definition) is 2. The van der Waals surface area contributed by atoms with Crippen molar-refractivity contribution >= 4 is 23.2 Å². The molecule has 2 aromatic carbocycles. The van der Waals surface area contributed by atoms with E-state index in [2.05, 4.69) is 5.32 Å². The van der Waals surface area contributed by atoms with Crippen LogP contribution in [0.15, 0.2) is 36.4 Å². The van der Waals surface area contributed by atoms with Crippen molar-refractivity contribution in [3.05, 3.63) is 69.0 Å². The molecule has 2 N–H and O–H groups in total. The lowest BCUT2D eigenvalue weighted by molar-refractivity contribution is 0.280. The van der Waals surface area contributed by atoms with E-state index in [4.69, 9.17) is 23.2 Å². The van der Waals surface area contributed by atoms with Crippen molar-refractivity contribution in [1.29, 1.82) is 0 Å². The predicted octanol–water partition coefficient (Wildman–Crippen LogP) is 4.48. The van der Waals surface area contributed by atoms with Crippen molar-refractivity contribution in [3.8, 4) is 0 Å². The summed E-state index contributed by atoms with van der Waals surface area (Å²) in [4.78, 5) is 0.